The predicted octanol–water partition coefficient (Wildman–Crippen LogP) is 4.94. The third-order valence-electron chi connectivity index (χ3n) is 6.04. The normalized spacial score (nSPS) is 14.6. The van der Waals surface area contributed by atoms with Gasteiger partial charge in [-0.2, -0.15) is 0 Å². The highest BCUT2D eigenvalue weighted by Crippen LogP contribution is 2.34. The number of anilines is 1. The van der Waals surface area contributed by atoms with Gasteiger partial charge in [-0.25, -0.2) is 0 Å². The van der Waals surface area contributed by atoms with Crippen molar-refractivity contribution in [1.82, 2.24) is 10.2 Å². The number of ether oxygens (including phenoxy) is 1. The van der Waals surface area contributed by atoms with Crippen LogP contribution in [0.2, 0.25) is 0 Å². The highest BCUT2D eigenvalue weighted by molar-refractivity contribution is 7.17. The molecule has 0 radical (unpaired) electrons. The minimum Gasteiger partial charge on any atom is -0.494 e. The second kappa shape index (κ2) is 10.8. The quantitative estimate of drug-likeness (QED) is 0.468. The van der Waals surface area contributed by atoms with Crippen molar-refractivity contribution in [1.29, 1.82) is 0 Å². The molecule has 4 rings (SSSR count). The van der Waals surface area contributed by atoms with Crippen molar-refractivity contribution in [3.63, 3.8) is 0 Å². The molecule has 0 unspecified atom stereocenters. The van der Waals surface area contributed by atoms with Gasteiger partial charge < -0.3 is 15.0 Å². The number of carbonyl (C=O) groups excluding carboxylic acids is 1. The molecule has 0 saturated carbocycles. The van der Waals surface area contributed by atoms with E-state index in [-0.39, 0.29) is 5.91 Å². The second-order valence-corrected chi connectivity index (χ2v) is 9.28. The number of hydrogen-bond acceptors (Lipinski definition) is 5. The van der Waals surface area contributed by atoms with E-state index in [1.54, 1.807) is 0 Å². The van der Waals surface area contributed by atoms with Gasteiger partial charge in [0.15, 0.2) is 0 Å². The molecule has 1 saturated heterocycles. The summed E-state index contributed by atoms with van der Waals surface area (Å²) in [5, 5.41) is 6.73. The van der Waals surface area contributed by atoms with Crippen molar-refractivity contribution in [3.05, 3.63) is 59.0 Å². The van der Waals surface area contributed by atoms with Crippen LogP contribution in [0.1, 0.15) is 35.7 Å². The number of unbranched alkanes of at least 4 members (excludes halogenated alkanes) is 1. The number of benzene rings is 2. The molecular formula is C26H33N3O2S. The van der Waals surface area contributed by atoms with Crippen molar-refractivity contribution < 1.29 is 9.53 Å². The molecule has 1 aliphatic heterocycles. The van der Waals surface area contributed by atoms with Gasteiger partial charge in [-0.1, -0.05) is 12.1 Å². The fraction of sp³-hybridized carbons (Fsp3) is 0.423. The number of fused-ring (bicyclic) bond motifs is 1. The Labute approximate surface area is 195 Å². The number of nitrogens with zero attached hydrogens (tertiary/aromatic N) is 2. The molecule has 5 nitrogen and oxygen atoms in total. The number of thiophene rings is 1. The van der Waals surface area contributed by atoms with E-state index in [1.807, 2.05) is 42.5 Å². The van der Waals surface area contributed by atoms with E-state index >= 15 is 0 Å². The van der Waals surface area contributed by atoms with E-state index in [2.05, 4.69) is 45.6 Å². The Kier molecular flexibility index (Phi) is 7.66. The number of hydrogen-bond donors (Lipinski definition) is 1. The van der Waals surface area contributed by atoms with Crippen LogP contribution in [0.15, 0.2) is 47.8 Å². The molecule has 1 aromatic heterocycles. The van der Waals surface area contributed by atoms with Crippen LogP contribution in [0.4, 0.5) is 5.69 Å². The van der Waals surface area contributed by atoms with Crippen LogP contribution in [0.25, 0.3) is 10.1 Å². The van der Waals surface area contributed by atoms with Crippen molar-refractivity contribution in [2.24, 2.45) is 0 Å². The van der Waals surface area contributed by atoms with E-state index in [0.717, 1.165) is 51.3 Å². The fourth-order valence-electron chi connectivity index (χ4n) is 4.21. The molecule has 1 N–H and O–H groups in total. The highest BCUT2D eigenvalue weighted by atomic mass is 32.1. The van der Waals surface area contributed by atoms with Gasteiger partial charge in [0.2, 0.25) is 0 Å². The minimum atomic E-state index is -0.0140. The van der Waals surface area contributed by atoms with Gasteiger partial charge >= 0.3 is 0 Å². The first-order valence-electron chi connectivity index (χ1n) is 11.6. The molecule has 0 bridgehead atoms. The third kappa shape index (κ3) is 5.61. The van der Waals surface area contributed by atoms with E-state index in [0.29, 0.717) is 18.7 Å². The van der Waals surface area contributed by atoms with Crippen molar-refractivity contribution in [2.45, 2.75) is 26.7 Å². The zero-order chi connectivity index (χ0) is 22.3. The molecule has 6 heteroatoms. The molecule has 32 heavy (non-hydrogen) atoms. The Morgan fingerprint density at radius 3 is 2.59 bits per heavy atom. The molecular weight excluding hydrogens is 418 g/mol. The summed E-state index contributed by atoms with van der Waals surface area (Å²) in [4.78, 5) is 17.3. The molecule has 2 heterocycles. The van der Waals surface area contributed by atoms with Crippen molar-refractivity contribution >= 4 is 33.0 Å². The van der Waals surface area contributed by atoms with E-state index in [4.69, 9.17) is 4.74 Å². The smallest absolute Gasteiger partial charge is 0.251 e. The van der Waals surface area contributed by atoms with Gasteiger partial charge in [-0.3, -0.25) is 9.69 Å². The van der Waals surface area contributed by atoms with Gasteiger partial charge in [-0.15, -0.1) is 11.3 Å². The molecule has 1 amide bonds. The number of carbonyl (C=O) groups is 1. The Balaban J connectivity index is 1.14. The molecule has 2 aromatic carbocycles. The van der Waals surface area contributed by atoms with Gasteiger partial charge in [0.1, 0.15) is 5.75 Å². The summed E-state index contributed by atoms with van der Waals surface area (Å²) in [5.41, 5.74) is 3.40. The van der Waals surface area contributed by atoms with Crippen molar-refractivity contribution in [2.75, 3.05) is 50.8 Å². The van der Waals surface area contributed by atoms with Crippen LogP contribution in [-0.4, -0.2) is 56.7 Å². The van der Waals surface area contributed by atoms with Crippen LogP contribution < -0.4 is 15.0 Å². The van der Waals surface area contributed by atoms with Gasteiger partial charge in [0, 0.05) is 53.8 Å². The molecule has 3 aromatic rings. The number of amides is 1. The third-order valence-corrected chi connectivity index (χ3v) is 6.97. The number of nitrogens with one attached hydrogen (secondary N) is 1. The second-order valence-electron chi connectivity index (χ2n) is 8.37. The summed E-state index contributed by atoms with van der Waals surface area (Å²) in [7, 11) is 0. The van der Waals surface area contributed by atoms with E-state index < -0.39 is 0 Å². The lowest BCUT2D eigenvalue weighted by Gasteiger charge is -2.35. The standard InChI is InChI=1S/C26H33N3O2S/c1-3-31-22-9-7-21(8-10-22)26(30)27-12-4-5-13-28-14-16-29(17-15-28)24-19-32-25-18-20(2)6-11-23(24)25/h6-11,18-19H,3-5,12-17H2,1-2H3,(H,27,30). The summed E-state index contributed by atoms with van der Waals surface area (Å²) in [5.74, 6) is 0.784. The average molecular weight is 452 g/mol. The first kappa shape index (κ1) is 22.6. The Morgan fingerprint density at radius 2 is 1.84 bits per heavy atom. The number of rotatable bonds is 9. The Bertz CT molecular complexity index is 1020. The molecule has 0 spiro atoms. The van der Waals surface area contributed by atoms with E-state index in [1.165, 1.54) is 21.3 Å². The zero-order valence-corrected chi connectivity index (χ0v) is 19.9. The first-order chi connectivity index (χ1) is 15.6. The fourth-order valence-corrected chi connectivity index (χ4v) is 5.28. The lowest BCUT2D eigenvalue weighted by molar-refractivity contribution is 0.0952. The van der Waals surface area contributed by atoms with Crippen LogP contribution in [0, 0.1) is 6.92 Å². The maximum Gasteiger partial charge on any atom is 0.251 e. The largest absolute Gasteiger partial charge is 0.494 e. The van der Waals surface area contributed by atoms with Crippen LogP contribution in [0.3, 0.4) is 0 Å². The van der Waals surface area contributed by atoms with Crippen LogP contribution in [0.5, 0.6) is 5.75 Å². The summed E-state index contributed by atoms with van der Waals surface area (Å²) < 4.78 is 6.81. The molecule has 0 atom stereocenters. The lowest BCUT2D eigenvalue weighted by Crippen LogP contribution is -2.46. The Morgan fingerprint density at radius 1 is 1.06 bits per heavy atom. The molecule has 170 valence electrons. The van der Waals surface area contributed by atoms with Crippen LogP contribution >= 0.6 is 11.3 Å². The summed E-state index contributed by atoms with van der Waals surface area (Å²) >= 11 is 1.85. The predicted molar refractivity (Wildman–Crippen MR) is 134 cm³/mol. The topological polar surface area (TPSA) is 44.8 Å². The number of aryl methyl sites for hydroxylation is 1. The summed E-state index contributed by atoms with van der Waals surface area (Å²) in [6.07, 6.45) is 2.10. The minimum absolute atomic E-state index is 0.0140. The summed E-state index contributed by atoms with van der Waals surface area (Å²) in [6.45, 7) is 10.9. The lowest BCUT2D eigenvalue weighted by atomic mass is 10.1. The van der Waals surface area contributed by atoms with E-state index in [9.17, 15) is 4.79 Å². The van der Waals surface area contributed by atoms with Gasteiger partial charge in [0.05, 0.1) is 12.3 Å². The monoisotopic (exact) mass is 451 g/mol. The zero-order valence-electron chi connectivity index (χ0n) is 19.1. The first-order valence-corrected chi connectivity index (χ1v) is 12.5. The molecule has 1 aliphatic rings. The Hall–Kier alpha value is -2.57. The maximum absolute atomic E-state index is 12.3. The molecule has 1 fully saturated rings. The van der Waals surface area contributed by atoms with Gasteiger partial charge in [-0.05, 0) is 69.1 Å². The van der Waals surface area contributed by atoms with Crippen LogP contribution in [-0.2, 0) is 0 Å². The maximum atomic E-state index is 12.3. The SMILES string of the molecule is CCOc1ccc(C(=O)NCCCCN2CCN(c3csc4cc(C)ccc34)CC2)cc1. The van der Waals surface area contributed by atoms with Gasteiger partial charge in [0.25, 0.3) is 5.91 Å². The summed E-state index contributed by atoms with van der Waals surface area (Å²) in [6, 6.07) is 14.1. The number of piperazine rings is 1. The highest BCUT2D eigenvalue weighted by Gasteiger charge is 2.19. The van der Waals surface area contributed by atoms with Crippen molar-refractivity contribution in [3.8, 4) is 5.75 Å². The molecule has 0 aliphatic carbocycles. The average Bonchev–Trinajstić information content (AvgIpc) is 3.23.